The van der Waals surface area contributed by atoms with Crippen molar-refractivity contribution >= 4 is 23.0 Å². The fourth-order valence-corrected chi connectivity index (χ4v) is 4.52. The highest BCUT2D eigenvalue weighted by atomic mass is 16.3. The average molecular weight is 377 g/mol. The molecule has 0 saturated carbocycles. The van der Waals surface area contributed by atoms with Gasteiger partial charge in [0.1, 0.15) is 0 Å². The summed E-state index contributed by atoms with van der Waals surface area (Å²) >= 11 is 0. The molecule has 0 spiro atoms. The number of rotatable bonds is 3. The average Bonchev–Trinajstić information content (AvgIpc) is 2.80. The second kappa shape index (κ2) is 7.44. The number of anilines is 3. The molecule has 1 aliphatic carbocycles. The maximum absolute atomic E-state index is 13.2. The zero-order valence-corrected chi connectivity index (χ0v) is 16.7. The molecule has 0 aromatic heterocycles. The zero-order chi connectivity index (χ0) is 19.8. The predicted octanol–water partition coefficient (Wildman–Crippen LogP) is 4.71. The van der Waals surface area contributed by atoms with Gasteiger partial charge in [-0.3, -0.25) is 9.69 Å². The molecule has 1 aliphatic heterocycles. The minimum atomic E-state index is -0.00334. The van der Waals surface area contributed by atoms with Gasteiger partial charge in [0, 0.05) is 17.9 Å². The number of aryl methyl sites for hydroxylation is 1. The third kappa shape index (κ3) is 3.12. The van der Waals surface area contributed by atoms with Crippen molar-refractivity contribution in [2.24, 2.45) is 5.92 Å². The Morgan fingerprint density at radius 3 is 2.61 bits per heavy atom. The van der Waals surface area contributed by atoms with Gasteiger partial charge < -0.3 is 10.0 Å². The molecule has 1 unspecified atom stereocenters. The van der Waals surface area contributed by atoms with Gasteiger partial charge in [-0.05, 0) is 67.0 Å². The third-order valence-electron chi connectivity index (χ3n) is 6.01. The molecule has 0 bridgehead atoms. The van der Waals surface area contributed by atoms with E-state index in [0.29, 0.717) is 12.3 Å². The molecule has 4 nitrogen and oxygen atoms in total. The van der Waals surface area contributed by atoms with Crippen molar-refractivity contribution in [2.45, 2.75) is 46.1 Å². The summed E-state index contributed by atoms with van der Waals surface area (Å²) in [5.41, 5.74) is 7.38. The number of carbonyl (C=O) groups is 1. The second-order valence-electron chi connectivity index (χ2n) is 7.96. The van der Waals surface area contributed by atoms with Gasteiger partial charge in [0.15, 0.2) is 0 Å². The van der Waals surface area contributed by atoms with Gasteiger partial charge >= 0.3 is 0 Å². The first-order valence-corrected chi connectivity index (χ1v) is 10.2. The van der Waals surface area contributed by atoms with Gasteiger partial charge in [0.25, 0.3) is 0 Å². The van der Waals surface area contributed by atoms with E-state index < -0.39 is 0 Å². The highest BCUT2D eigenvalue weighted by Gasteiger charge is 2.33. The minimum Gasteiger partial charge on any atom is -0.392 e. The summed E-state index contributed by atoms with van der Waals surface area (Å²) in [5.74, 6) is 0.671. The quantitative estimate of drug-likeness (QED) is 0.843. The molecular formula is C24H28N2O2. The fraction of sp³-hybridized carbons (Fsp3) is 0.375. The van der Waals surface area contributed by atoms with E-state index in [1.165, 1.54) is 17.5 Å². The van der Waals surface area contributed by atoms with Crippen LogP contribution >= 0.6 is 0 Å². The Balaban J connectivity index is 1.93. The lowest BCUT2D eigenvalue weighted by atomic mass is 9.83. The van der Waals surface area contributed by atoms with E-state index in [1.807, 2.05) is 29.2 Å². The molecule has 0 radical (unpaired) electrons. The molecule has 2 aromatic rings. The Kier molecular flexibility index (Phi) is 4.98. The topological polar surface area (TPSA) is 43.8 Å². The number of fused-ring (bicyclic) bond motifs is 3. The molecule has 2 aromatic carbocycles. The molecule has 1 N–H and O–H groups in total. The number of aliphatic hydroxyl groups excluding tert-OH is 1. The van der Waals surface area contributed by atoms with Gasteiger partial charge in [0.2, 0.25) is 5.91 Å². The summed E-state index contributed by atoms with van der Waals surface area (Å²) in [6.07, 6.45) is 3.64. The summed E-state index contributed by atoms with van der Waals surface area (Å²) in [4.78, 5) is 17.3. The first-order chi connectivity index (χ1) is 13.5. The van der Waals surface area contributed by atoms with Crippen molar-refractivity contribution in [1.29, 1.82) is 0 Å². The highest BCUT2D eigenvalue weighted by Crippen LogP contribution is 2.45. The number of amides is 1. The van der Waals surface area contributed by atoms with Crippen LogP contribution in [0.25, 0.3) is 0 Å². The van der Waals surface area contributed by atoms with E-state index in [9.17, 15) is 9.90 Å². The summed E-state index contributed by atoms with van der Waals surface area (Å²) in [5, 5.41) is 9.35. The van der Waals surface area contributed by atoms with Gasteiger partial charge in [-0.2, -0.15) is 0 Å². The standard InChI is InChI=1S/C24H28N2O2/c1-4-25-17(3)14-23(28)26(20-10-6-18(15-27)7-11-20)22-12-9-19-8-5-16(2)13-21(19)24(22)25/h6-7,9-12,16,27H,3-5,8,13-15H2,1-2H3. The smallest absolute Gasteiger partial charge is 0.237 e. The van der Waals surface area contributed by atoms with Crippen molar-refractivity contribution in [2.75, 3.05) is 16.3 Å². The van der Waals surface area contributed by atoms with Crippen LogP contribution in [0, 0.1) is 5.92 Å². The maximum Gasteiger partial charge on any atom is 0.237 e. The van der Waals surface area contributed by atoms with Crippen molar-refractivity contribution < 1.29 is 9.90 Å². The molecule has 0 saturated heterocycles. The van der Waals surface area contributed by atoms with Crippen LogP contribution in [0.4, 0.5) is 17.1 Å². The predicted molar refractivity (Wildman–Crippen MR) is 114 cm³/mol. The van der Waals surface area contributed by atoms with Crippen LogP contribution < -0.4 is 9.80 Å². The monoisotopic (exact) mass is 376 g/mol. The normalized spacial score (nSPS) is 19.3. The first kappa shape index (κ1) is 18.8. The molecule has 4 rings (SSSR count). The molecule has 4 heteroatoms. The molecular weight excluding hydrogens is 348 g/mol. The summed E-state index contributed by atoms with van der Waals surface area (Å²) in [6, 6.07) is 11.9. The fourth-order valence-electron chi connectivity index (χ4n) is 4.52. The molecule has 1 heterocycles. The third-order valence-corrected chi connectivity index (χ3v) is 6.01. The van der Waals surface area contributed by atoms with E-state index >= 15 is 0 Å². The number of aliphatic hydroxyl groups is 1. The highest BCUT2D eigenvalue weighted by molar-refractivity contribution is 6.07. The molecule has 146 valence electrons. The van der Waals surface area contributed by atoms with Crippen molar-refractivity contribution in [3.05, 3.63) is 65.4 Å². The summed E-state index contributed by atoms with van der Waals surface area (Å²) in [6.45, 7) is 9.46. The van der Waals surface area contributed by atoms with Crippen LogP contribution in [-0.4, -0.2) is 17.6 Å². The Hall–Kier alpha value is -2.59. The van der Waals surface area contributed by atoms with E-state index in [4.69, 9.17) is 0 Å². The van der Waals surface area contributed by atoms with Crippen LogP contribution in [0.5, 0.6) is 0 Å². The van der Waals surface area contributed by atoms with E-state index in [2.05, 4.69) is 37.5 Å². The Bertz CT molecular complexity index is 917. The Morgan fingerprint density at radius 2 is 1.93 bits per heavy atom. The van der Waals surface area contributed by atoms with E-state index in [1.54, 1.807) is 0 Å². The number of benzene rings is 2. The Labute approximate surface area is 167 Å². The van der Waals surface area contributed by atoms with Gasteiger partial charge in [-0.25, -0.2) is 0 Å². The van der Waals surface area contributed by atoms with Crippen molar-refractivity contribution in [3.8, 4) is 0 Å². The number of hydrogen-bond donors (Lipinski definition) is 1. The van der Waals surface area contributed by atoms with Crippen molar-refractivity contribution in [1.82, 2.24) is 0 Å². The lowest BCUT2D eigenvalue weighted by molar-refractivity contribution is -0.117. The number of nitrogens with zero attached hydrogens (tertiary/aromatic N) is 2. The summed E-state index contributed by atoms with van der Waals surface area (Å²) in [7, 11) is 0. The van der Waals surface area contributed by atoms with Crippen molar-refractivity contribution in [3.63, 3.8) is 0 Å². The van der Waals surface area contributed by atoms with Crippen LogP contribution in [0.3, 0.4) is 0 Å². The largest absolute Gasteiger partial charge is 0.392 e. The lowest BCUT2D eigenvalue weighted by Crippen LogP contribution is -2.25. The zero-order valence-electron chi connectivity index (χ0n) is 16.7. The van der Waals surface area contributed by atoms with Crippen LogP contribution in [0.2, 0.25) is 0 Å². The molecule has 0 fully saturated rings. The first-order valence-electron chi connectivity index (χ1n) is 10.2. The van der Waals surface area contributed by atoms with E-state index in [-0.39, 0.29) is 12.5 Å². The maximum atomic E-state index is 13.2. The lowest BCUT2D eigenvalue weighted by Gasteiger charge is -2.33. The molecule has 1 atom stereocenters. The second-order valence-corrected chi connectivity index (χ2v) is 7.96. The van der Waals surface area contributed by atoms with Crippen LogP contribution in [-0.2, 0) is 24.2 Å². The summed E-state index contributed by atoms with van der Waals surface area (Å²) < 4.78 is 0. The van der Waals surface area contributed by atoms with Gasteiger partial charge in [-0.1, -0.05) is 31.7 Å². The van der Waals surface area contributed by atoms with E-state index in [0.717, 1.165) is 47.7 Å². The molecule has 1 amide bonds. The van der Waals surface area contributed by atoms with Gasteiger partial charge in [-0.15, -0.1) is 0 Å². The van der Waals surface area contributed by atoms with Crippen LogP contribution in [0.1, 0.15) is 43.4 Å². The SMILES string of the molecule is C=C1CC(=O)N(c2ccc(CO)cc2)c2ccc3c(c2N1CC)CC(C)CC3. The number of hydrogen-bond acceptors (Lipinski definition) is 3. The Morgan fingerprint density at radius 1 is 1.18 bits per heavy atom. The van der Waals surface area contributed by atoms with Crippen LogP contribution in [0.15, 0.2) is 48.7 Å². The molecule has 2 aliphatic rings. The minimum absolute atomic E-state index is 0.00334. The van der Waals surface area contributed by atoms with Gasteiger partial charge in [0.05, 0.1) is 24.4 Å². The molecule has 28 heavy (non-hydrogen) atoms. The number of carbonyl (C=O) groups excluding carboxylic acids is 1.